The van der Waals surface area contributed by atoms with E-state index in [4.69, 9.17) is 4.52 Å². The predicted octanol–water partition coefficient (Wildman–Crippen LogP) is 4.38. The lowest BCUT2D eigenvalue weighted by Gasteiger charge is -2.12. The van der Waals surface area contributed by atoms with E-state index in [1.54, 1.807) is 16.7 Å². The van der Waals surface area contributed by atoms with E-state index in [-0.39, 0.29) is 11.4 Å². The van der Waals surface area contributed by atoms with Gasteiger partial charge in [0.2, 0.25) is 0 Å². The maximum Gasteiger partial charge on any atom is 0.258 e. The normalized spacial score (nSPS) is 11.2. The number of pyridine rings is 1. The zero-order chi connectivity index (χ0) is 19.0. The lowest BCUT2D eigenvalue weighted by molar-refractivity contribution is 0.372. The van der Waals surface area contributed by atoms with Crippen LogP contribution in [0.25, 0.3) is 10.8 Å². The van der Waals surface area contributed by atoms with Gasteiger partial charge in [-0.1, -0.05) is 35.0 Å². The van der Waals surface area contributed by atoms with Crippen molar-refractivity contribution in [3.8, 4) is 0 Å². The van der Waals surface area contributed by atoms with Crippen molar-refractivity contribution in [1.29, 1.82) is 0 Å². The molecule has 4 nitrogen and oxygen atoms in total. The van der Waals surface area contributed by atoms with Gasteiger partial charge in [0.25, 0.3) is 5.56 Å². The van der Waals surface area contributed by atoms with Crippen LogP contribution in [0.1, 0.15) is 28.1 Å². The van der Waals surface area contributed by atoms with Gasteiger partial charge in [0.15, 0.2) is 5.76 Å². The lowest BCUT2D eigenvalue weighted by atomic mass is 9.99. The number of nitrogens with zero attached hydrogens (tertiary/aromatic N) is 2. The summed E-state index contributed by atoms with van der Waals surface area (Å²) in [6.07, 6.45) is 2.47. The van der Waals surface area contributed by atoms with Crippen LogP contribution in [0.3, 0.4) is 0 Å². The van der Waals surface area contributed by atoms with Crippen molar-refractivity contribution in [2.75, 3.05) is 0 Å². The number of hydrogen-bond donors (Lipinski definition) is 0. The molecule has 2 heterocycles. The highest BCUT2D eigenvalue weighted by Gasteiger charge is 2.12. The second-order valence-electron chi connectivity index (χ2n) is 6.87. The van der Waals surface area contributed by atoms with Crippen LogP contribution in [-0.4, -0.2) is 9.72 Å². The SMILES string of the molecule is Cc1ccc2c(Cc3ccc(F)cc3)cn(Cc3cc(C)no3)c(=O)c2c1. The van der Waals surface area contributed by atoms with Gasteiger partial charge >= 0.3 is 0 Å². The summed E-state index contributed by atoms with van der Waals surface area (Å²) in [6.45, 7) is 4.13. The van der Waals surface area contributed by atoms with Gasteiger partial charge in [0.05, 0.1) is 12.2 Å². The largest absolute Gasteiger partial charge is 0.359 e. The Morgan fingerprint density at radius 2 is 1.81 bits per heavy atom. The van der Waals surface area contributed by atoms with Crippen LogP contribution in [0.5, 0.6) is 0 Å². The molecule has 0 saturated carbocycles. The van der Waals surface area contributed by atoms with Crippen molar-refractivity contribution < 1.29 is 8.91 Å². The Kier molecular flexibility index (Phi) is 4.36. The third kappa shape index (κ3) is 3.53. The number of hydrogen-bond acceptors (Lipinski definition) is 3. The highest BCUT2D eigenvalue weighted by molar-refractivity contribution is 5.85. The Bertz CT molecular complexity index is 1170. The van der Waals surface area contributed by atoms with Crippen LogP contribution in [0.2, 0.25) is 0 Å². The molecule has 0 bridgehead atoms. The molecule has 0 atom stereocenters. The minimum absolute atomic E-state index is 0.0643. The highest BCUT2D eigenvalue weighted by atomic mass is 19.1. The summed E-state index contributed by atoms with van der Waals surface area (Å²) in [5.41, 5.74) is 3.74. The number of benzene rings is 2. The molecule has 0 N–H and O–H groups in total. The fourth-order valence-electron chi connectivity index (χ4n) is 3.33. The maximum absolute atomic E-state index is 13.2. The average molecular weight is 362 g/mol. The Balaban J connectivity index is 1.84. The monoisotopic (exact) mass is 362 g/mol. The van der Waals surface area contributed by atoms with Crippen LogP contribution in [0.15, 0.2) is 64.0 Å². The molecular weight excluding hydrogens is 343 g/mol. The van der Waals surface area contributed by atoms with Crippen LogP contribution >= 0.6 is 0 Å². The van der Waals surface area contributed by atoms with Crippen LogP contribution in [0.4, 0.5) is 4.39 Å². The summed E-state index contributed by atoms with van der Waals surface area (Å²) in [5.74, 6) is 0.374. The molecule has 0 amide bonds. The fourth-order valence-corrected chi connectivity index (χ4v) is 3.33. The number of rotatable bonds is 4. The van der Waals surface area contributed by atoms with Gasteiger partial charge in [0, 0.05) is 17.6 Å². The van der Waals surface area contributed by atoms with Crippen molar-refractivity contribution in [2.45, 2.75) is 26.8 Å². The quantitative estimate of drug-likeness (QED) is 0.541. The Morgan fingerprint density at radius 1 is 1.04 bits per heavy atom. The van der Waals surface area contributed by atoms with Crippen LogP contribution in [0, 0.1) is 19.7 Å². The summed E-state index contributed by atoms with van der Waals surface area (Å²) >= 11 is 0. The molecule has 2 aromatic carbocycles. The third-order valence-electron chi connectivity index (χ3n) is 4.63. The highest BCUT2D eigenvalue weighted by Crippen LogP contribution is 2.21. The molecule has 0 aliphatic carbocycles. The first-order valence-electron chi connectivity index (χ1n) is 8.79. The van der Waals surface area contributed by atoms with E-state index >= 15 is 0 Å². The predicted molar refractivity (Wildman–Crippen MR) is 102 cm³/mol. The molecule has 4 aromatic rings. The fraction of sp³-hybridized carbons (Fsp3) is 0.182. The summed E-state index contributed by atoms with van der Waals surface area (Å²) in [6, 6.07) is 14.2. The van der Waals surface area contributed by atoms with E-state index in [0.29, 0.717) is 24.1 Å². The van der Waals surface area contributed by atoms with Crippen molar-refractivity contribution >= 4 is 10.8 Å². The van der Waals surface area contributed by atoms with E-state index < -0.39 is 0 Å². The Labute approximate surface area is 155 Å². The second-order valence-corrected chi connectivity index (χ2v) is 6.87. The molecule has 4 rings (SSSR count). The van der Waals surface area contributed by atoms with Gasteiger partial charge in [-0.05, 0) is 55.0 Å². The van der Waals surface area contributed by atoms with E-state index in [1.807, 2.05) is 44.3 Å². The van der Waals surface area contributed by atoms with Crippen molar-refractivity contribution in [1.82, 2.24) is 9.72 Å². The molecule has 5 heteroatoms. The van der Waals surface area contributed by atoms with Crippen LogP contribution in [-0.2, 0) is 13.0 Å². The van der Waals surface area contributed by atoms with Gasteiger partial charge < -0.3 is 9.09 Å². The van der Waals surface area contributed by atoms with Crippen molar-refractivity contribution in [3.05, 3.63) is 99.0 Å². The van der Waals surface area contributed by atoms with Gasteiger partial charge in [-0.25, -0.2) is 4.39 Å². The average Bonchev–Trinajstić information content (AvgIpc) is 3.05. The standard InChI is InChI=1S/C22H19FN2O2/c1-14-3-8-20-17(11-16-4-6-18(23)7-5-16)12-25(22(26)21(20)9-14)13-19-10-15(2)24-27-19/h3-10,12H,11,13H2,1-2H3. The van der Waals surface area contributed by atoms with E-state index in [0.717, 1.165) is 27.8 Å². The first-order chi connectivity index (χ1) is 13.0. The summed E-state index contributed by atoms with van der Waals surface area (Å²) in [7, 11) is 0. The molecule has 0 saturated heterocycles. The summed E-state index contributed by atoms with van der Waals surface area (Å²) in [5, 5.41) is 5.48. The molecule has 0 spiro atoms. The minimum atomic E-state index is -0.259. The molecule has 0 unspecified atom stereocenters. The Hall–Kier alpha value is -3.21. The van der Waals surface area contributed by atoms with E-state index in [2.05, 4.69) is 5.16 Å². The number of fused-ring (bicyclic) bond motifs is 1. The topological polar surface area (TPSA) is 48.0 Å². The molecule has 0 aliphatic rings. The minimum Gasteiger partial charge on any atom is -0.359 e. The van der Waals surface area contributed by atoms with Crippen molar-refractivity contribution in [2.24, 2.45) is 0 Å². The smallest absolute Gasteiger partial charge is 0.258 e. The maximum atomic E-state index is 13.2. The second kappa shape index (κ2) is 6.83. The first-order valence-corrected chi connectivity index (χ1v) is 8.79. The van der Waals surface area contributed by atoms with Gasteiger partial charge in [-0.2, -0.15) is 0 Å². The van der Waals surface area contributed by atoms with Crippen LogP contribution < -0.4 is 5.56 Å². The molecule has 2 aromatic heterocycles. The zero-order valence-corrected chi connectivity index (χ0v) is 15.2. The number of aryl methyl sites for hydroxylation is 2. The molecule has 136 valence electrons. The molecule has 0 radical (unpaired) electrons. The molecule has 27 heavy (non-hydrogen) atoms. The van der Waals surface area contributed by atoms with Gasteiger partial charge in [-0.15, -0.1) is 0 Å². The Morgan fingerprint density at radius 3 is 2.52 bits per heavy atom. The molecule has 0 fully saturated rings. The number of halogens is 1. The number of aromatic nitrogens is 2. The molecule has 0 aliphatic heterocycles. The van der Waals surface area contributed by atoms with Gasteiger partial charge in [0.1, 0.15) is 5.82 Å². The first kappa shape index (κ1) is 17.2. The van der Waals surface area contributed by atoms with E-state index in [9.17, 15) is 9.18 Å². The summed E-state index contributed by atoms with van der Waals surface area (Å²) in [4.78, 5) is 13.0. The lowest BCUT2D eigenvalue weighted by Crippen LogP contribution is -2.21. The zero-order valence-electron chi connectivity index (χ0n) is 15.2. The third-order valence-corrected chi connectivity index (χ3v) is 4.63. The summed E-state index contributed by atoms with van der Waals surface area (Å²) < 4.78 is 20.2. The van der Waals surface area contributed by atoms with E-state index in [1.165, 1.54) is 12.1 Å². The van der Waals surface area contributed by atoms with Crippen molar-refractivity contribution in [3.63, 3.8) is 0 Å². The van der Waals surface area contributed by atoms with Gasteiger partial charge in [-0.3, -0.25) is 4.79 Å². The molecular formula is C22H19FN2O2.